The van der Waals surface area contributed by atoms with Crippen LogP contribution in [0.2, 0.25) is 0 Å². The van der Waals surface area contributed by atoms with Gasteiger partial charge in [0.15, 0.2) is 0 Å². The molecule has 0 saturated carbocycles. The molecule has 1 amide bonds. The molecule has 0 aliphatic rings. The molecule has 1 unspecified atom stereocenters. The molecule has 2 rings (SSSR count). The molecule has 2 aromatic carbocycles. The summed E-state index contributed by atoms with van der Waals surface area (Å²) in [4.78, 5) is 13.6. The normalized spacial score (nSPS) is 13.5. The molecule has 3 heteroatoms. The molecular formula is C18H21NO2. The molecule has 21 heavy (non-hydrogen) atoms. The molecule has 0 radical (unpaired) electrons. The van der Waals surface area contributed by atoms with Crippen LogP contribution in [0.1, 0.15) is 17.5 Å². The van der Waals surface area contributed by atoms with Crippen molar-refractivity contribution in [2.24, 2.45) is 0 Å². The summed E-state index contributed by atoms with van der Waals surface area (Å²) in [5, 5.41) is 11.1. The molecule has 0 fully saturated rings. The minimum atomic E-state index is -1.19. The first-order valence-electron chi connectivity index (χ1n) is 7.03. The van der Waals surface area contributed by atoms with Gasteiger partial charge in [-0.3, -0.25) is 4.79 Å². The number of hydrogen-bond acceptors (Lipinski definition) is 2. The highest BCUT2D eigenvalue weighted by molar-refractivity contribution is 5.77. The van der Waals surface area contributed by atoms with E-state index < -0.39 is 5.60 Å². The summed E-state index contributed by atoms with van der Waals surface area (Å²) < 4.78 is 0. The molecule has 1 atom stereocenters. The van der Waals surface area contributed by atoms with E-state index in [0.717, 1.165) is 11.1 Å². The second-order valence-corrected chi connectivity index (χ2v) is 5.52. The Bertz CT molecular complexity index is 581. The van der Waals surface area contributed by atoms with E-state index in [4.69, 9.17) is 0 Å². The van der Waals surface area contributed by atoms with Gasteiger partial charge < -0.3 is 10.0 Å². The molecule has 0 aliphatic heterocycles. The zero-order valence-electron chi connectivity index (χ0n) is 12.5. The third-order valence-electron chi connectivity index (χ3n) is 3.59. The van der Waals surface area contributed by atoms with E-state index in [0.29, 0.717) is 6.42 Å². The van der Waals surface area contributed by atoms with Gasteiger partial charge in [-0.25, -0.2) is 0 Å². The summed E-state index contributed by atoms with van der Waals surface area (Å²) in [6.45, 7) is 0. The van der Waals surface area contributed by atoms with E-state index >= 15 is 0 Å². The second-order valence-electron chi connectivity index (χ2n) is 5.52. The molecule has 110 valence electrons. The molecule has 0 heterocycles. The van der Waals surface area contributed by atoms with Crippen molar-refractivity contribution >= 4 is 5.91 Å². The van der Waals surface area contributed by atoms with Crippen LogP contribution in [0.4, 0.5) is 0 Å². The number of rotatable bonds is 5. The van der Waals surface area contributed by atoms with Crippen molar-refractivity contribution in [3.8, 4) is 0 Å². The van der Waals surface area contributed by atoms with Crippen LogP contribution in [0.3, 0.4) is 0 Å². The fourth-order valence-corrected chi connectivity index (χ4v) is 2.36. The highest BCUT2D eigenvalue weighted by atomic mass is 16.3. The van der Waals surface area contributed by atoms with Gasteiger partial charge in [-0.2, -0.15) is 0 Å². The predicted molar refractivity (Wildman–Crippen MR) is 83.8 cm³/mol. The number of carbonyl (C=O) groups is 1. The number of hydrogen-bond donors (Lipinski definition) is 1. The van der Waals surface area contributed by atoms with E-state index in [1.165, 1.54) is 4.90 Å². The Kier molecular flexibility index (Phi) is 4.76. The maximum absolute atomic E-state index is 12.1. The lowest BCUT2D eigenvalue weighted by Gasteiger charge is -2.29. The Labute approximate surface area is 125 Å². The average Bonchev–Trinajstić information content (AvgIpc) is 2.49. The molecule has 0 saturated heterocycles. The summed E-state index contributed by atoms with van der Waals surface area (Å²) >= 11 is 0. The van der Waals surface area contributed by atoms with E-state index in [1.54, 1.807) is 14.1 Å². The summed E-state index contributed by atoms with van der Waals surface area (Å²) in [6, 6.07) is 19.1. The van der Waals surface area contributed by atoms with E-state index in [-0.39, 0.29) is 12.3 Å². The van der Waals surface area contributed by atoms with Gasteiger partial charge in [0, 0.05) is 20.5 Å². The minimum absolute atomic E-state index is 0.0684. The number of carbonyl (C=O) groups excluding carboxylic acids is 1. The highest BCUT2D eigenvalue weighted by Gasteiger charge is 2.32. The van der Waals surface area contributed by atoms with Crippen LogP contribution < -0.4 is 0 Å². The van der Waals surface area contributed by atoms with Gasteiger partial charge in [0.1, 0.15) is 5.60 Å². The van der Waals surface area contributed by atoms with E-state index in [1.807, 2.05) is 60.7 Å². The molecule has 0 bridgehead atoms. The van der Waals surface area contributed by atoms with Crippen molar-refractivity contribution in [3.63, 3.8) is 0 Å². The smallest absolute Gasteiger partial charge is 0.225 e. The highest BCUT2D eigenvalue weighted by Crippen LogP contribution is 2.29. The number of benzene rings is 2. The van der Waals surface area contributed by atoms with Crippen molar-refractivity contribution < 1.29 is 9.90 Å². The molecule has 1 N–H and O–H groups in total. The summed E-state index contributed by atoms with van der Waals surface area (Å²) in [5.41, 5.74) is 0.587. The van der Waals surface area contributed by atoms with Crippen LogP contribution in [0.25, 0.3) is 0 Å². The summed E-state index contributed by atoms with van der Waals surface area (Å²) in [5.74, 6) is -0.0858. The lowest BCUT2D eigenvalue weighted by Crippen LogP contribution is -2.36. The Hall–Kier alpha value is -2.13. The Balaban J connectivity index is 2.32. The van der Waals surface area contributed by atoms with Gasteiger partial charge in [-0.15, -0.1) is 0 Å². The van der Waals surface area contributed by atoms with Gasteiger partial charge in [-0.1, -0.05) is 60.7 Å². The second kappa shape index (κ2) is 6.55. The molecule has 0 aliphatic carbocycles. The Morgan fingerprint density at radius 2 is 1.52 bits per heavy atom. The zero-order chi connectivity index (χ0) is 15.3. The Morgan fingerprint density at radius 3 is 2.05 bits per heavy atom. The van der Waals surface area contributed by atoms with Crippen LogP contribution in [0, 0.1) is 0 Å². The lowest BCUT2D eigenvalue weighted by molar-refractivity contribution is -0.134. The van der Waals surface area contributed by atoms with Gasteiger partial charge in [0.25, 0.3) is 0 Å². The van der Waals surface area contributed by atoms with Crippen LogP contribution >= 0.6 is 0 Å². The molecule has 3 nitrogen and oxygen atoms in total. The summed E-state index contributed by atoms with van der Waals surface area (Å²) in [7, 11) is 3.41. The third-order valence-corrected chi connectivity index (χ3v) is 3.59. The topological polar surface area (TPSA) is 40.5 Å². The Morgan fingerprint density at radius 1 is 1.00 bits per heavy atom. The van der Waals surface area contributed by atoms with Gasteiger partial charge >= 0.3 is 0 Å². The monoisotopic (exact) mass is 283 g/mol. The molecule has 0 spiro atoms. The van der Waals surface area contributed by atoms with Crippen LogP contribution in [-0.4, -0.2) is 30.0 Å². The quantitative estimate of drug-likeness (QED) is 0.916. The van der Waals surface area contributed by atoms with Crippen LogP contribution in [-0.2, 0) is 16.8 Å². The predicted octanol–water partition coefficient (Wildman–Crippen LogP) is 2.60. The zero-order valence-corrected chi connectivity index (χ0v) is 12.5. The van der Waals surface area contributed by atoms with Crippen molar-refractivity contribution in [1.29, 1.82) is 0 Å². The average molecular weight is 283 g/mol. The lowest BCUT2D eigenvalue weighted by atomic mass is 9.84. The van der Waals surface area contributed by atoms with Crippen LogP contribution in [0.5, 0.6) is 0 Å². The van der Waals surface area contributed by atoms with Crippen molar-refractivity contribution in [1.82, 2.24) is 4.90 Å². The first-order chi connectivity index (χ1) is 10.0. The minimum Gasteiger partial charge on any atom is -0.384 e. The largest absolute Gasteiger partial charge is 0.384 e. The van der Waals surface area contributed by atoms with Crippen molar-refractivity contribution in [2.45, 2.75) is 18.4 Å². The van der Waals surface area contributed by atoms with Gasteiger partial charge in [0.05, 0.1) is 6.42 Å². The maximum Gasteiger partial charge on any atom is 0.225 e. The van der Waals surface area contributed by atoms with Crippen molar-refractivity contribution in [2.75, 3.05) is 14.1 Å². The first kappa shape index (κ1) is 15.3. The first-order valence-corrected chi connectivity index (χ1v) is 7.03. The molecule has 2 aromatic rings. The maximum atomic E-state index is 12.1. The van der Waals surface area contributed by atoms with Gasteiger partial charge in [0.2, 0.25) is 5.91 Å². The number of amides is 1. The van der Waals surface area contributed by atoms with E-state index in [2.05, 4.69) is 0 Å². The fourth-order valence-electron chi connectivity index (χ4n) is 2.36. The fraction of sp³-hybridized carbons (Fsp3) is 0.278. The van der Waals surface area contributed by atoms with Gasteiger partial charge in [-0.05, 0) is 11.1 Å². The summed E-state index contributed by atoms with van der Waals surface area (Å²) in [6.07, 6.45) is 0.482. The third kappa shape index (κ3) is 3.92. The molecule has 0 aromatic heterocycles. The van der Waals surface area contributed by atoms with Crippen LogP contribution in [0.15, 0.2) is 60.7 Å². The number of aliphatic hydroxyl groups is 1. The SMILES string of the molecule is CN(C)C(=O)CC(O)(Cc1ccccc1)c1ccccc1. The standard InChI is InChI=1S/C18H21NO2/c1-19(2)17(20)14-18(21,16-11-7-4-8-12-16)13-15-9-5-3-6-10-15/h3-12,21H,13-14H2,1-2H3. The molecular weight excluding hydrogens is 262 g/mol. The van der Waals surface area contributed by atoms with Crippen molar-refractivity contribution in [3.05, 3.63) is 71.8 Å². The number of nitrogens with zero attached hydrogens (tertiary/aromatic N) is 1. The van der Waals surface area contributed by atoms with E-state index in [9.17, 15) is 9.90 Å².